The Morgan fingerprint density at radius 3 is 2.17 bits per heavy atom. The van der Waals surface area contributed by atoms with E-state index in [2.05, 4.69) is 5.32 Å². The molecule has 0 unspecified atom stereocenters. The van der Waals surface area contributed by atoms with E-state index in [0.717, 1.165) is 0 Å². The van der Waals surface area contributed by atoms with Crippen LogP contribution in [0.5, 0.6) is 0 Å². The predicted octanol–water partition coefficient (Wildman–Crippen LogP) is 2.85. The summed E-state index contributed by atoms with van der Waals surface area (Å²) in [7, 11) is 1.72. The fourth-order valence-electron chi connectivity index (χ4n) is 0.900. The number of carbonyl (C=O) groups excluding carboxylic acids is 1. The van der Waals surface area contributed by atoms with Crippen LogP contribution in [0.25, 0.3) is 0 Å². The SMILES string of the molecule is CNc1c(Cl)cc(C=O)cc1Cl. The van der Waals surface area contributed by atoms with Crippen LogP contribution in [0, 0.1) is 0 Å². The third-order valence-corrected chi connectivity index (χ3v) is 2.05. The van der Waals surface area contributed by atoms with Crippen molar-refractivity contribution in [3.05, 3.63) is 27.7 Å². The molecule has 1 aromatic carbocycles. The van der Waals surface area contributed by atoms with Crippen LogP contribution in [-0.2, 0) is 0 Å². The zero-order valence-corrected chi connectivity index (χ0v) is 7.91. The molecule has 0 saturated heterocycles. The zero-order valence-electron chi connectivity index (χ0n) is 6.40. The Balaban J connectivity index is 3.27. The number of hydrogen-bond donors (Lipinski definition) is 1. The first-order valence-corrected chi connectivity index (χ1v) is 4.06. The number of rotatable bonds is 2. The Hall–Kier alpha value is -0.730. The maximum Gasteiger partial charge on any atom is 0.150 e. The van der Waals surface area contributed by atoms with Gasteiger partial charge in [0.05, 0.1) is 15.7 Å². The topological polar surface area (TPSA) is 29.1 Å². The van der Waals surface area contributed by atoms with Crippen LogP contribution in [0.15, 0.2) is 12.1 Å². The van der Waals surface area contributed by atoms with E-state index in [1.165, 1.54) is 0 Å². The summed E-state index contributed by atoms with van der Waals surface area (Å²) >= 11 is 11.6. The molecule has 0 radical (unpaired) electrons. The standard InChI is InChI=1S/C8H7Cl2NO/c1-11-8-6(9)2-5(4-12)3-7(8)10/h2-4,11H,1H3. The molecule has 12 heavy (non-hydrogen) atoms. The van der Waals surface area contributed by atoms with E-state index in [9.17, 15) is 4.79 Å². The predicted molar refractivity (Wildman–Crippen MR) is 51.4 cm³/mol. The van der Waals surface area contributed by atoms with Crippen LogP contribution in [-0.4, -0.2) is 13.3 Å². The fraction of sp³-hybridized carbons (Fsp3) is 0.125. The monoisotopic (exact) mass is 203 g/mol. The second-order valence-corrected chi connectivity index (χ2v) is 3.04. The third-order valence-electron chi connectivity index (χ3n) is 1.45. The maximum absolute atomic E-state index is 10.4. The van der Waals surface area contributed by atoms with Crippen LogP contribution in [0.4, 0.5) is 5.69 Å². The van der Waals surface area contributed by atoms with E-state index in [0.29, 0.717) is 27.6 Å². The van der Waals surface area contributed by atoms with E-state index < -0.39 is 0 Å². The summed E-state index contributed by atoms with van der Waals surface area (Å²) in [6.07, 6.45) is 0.706. The molecule has 0 bridgehead atoms. The number of nitrogens with one attached hydrogen (secondary N) is 1. The number of benzene rings is 1. The first kappa shape index (κ1) is 9.36. The number of hydrogen-bond acceptors (Lipinski definition) is 2. The van der Waals surface area contributed by atoms with Gasteiger partial charge in [0.25, 0.3) is 0 Å². The highest BCUT2D eigenvalue weighted by Gasteiger charge is 2.05. The van der Waals surface area contributed by atoms with Gasteiger partial charge < -0.3 is 5.32 Å². The summed E-state index contributed by atoms with van der Waals surface area (Å²) in [6, 6.07) is 3.12. The van der Waals surface area contributed by atoms with Gasteiger partial charge in [0.1, 0.15) is 6.29 Å². The number of halogens is 2. The van der Waals surface area contributed by atoms with Crippen LogP contribution in [0.3, 0.4) is 0 Å². The van der Waals surface area contributed by atoms with Crippen molar-refractivity contribution in [1.82, 2.24) is 0 Å². The largest absolute Gasteiger partial charge is 0.386 e. The fourth-order valence-corrected chi connectivity index (χ4v) is 1.59. The van der Waals surface area contributed by atoms with Gasteiger partial charge >= 0.3 is 0 Å². The molecule has 0 aliphatic rings. The molecule has 0 atom stereocenters. The molecule has 0 aromatic heterocycles. The molecule has 64 valence electrons. The van der Waals surface area contributed by atoms with Gasteiger partial charge in [-0.05, 0) is 12.1 Å². The lowest BCUT2D eigenvalue weighted by atomic mass is 10.2. The minimum atomic E-state index is 0.451. The molecular weight excluding hydrogens is 197 g/mol. The second-order valence-electron chi connectivity index (χ2n) is 2.23. The van der Waals surface area contributed by atoms with Gasteiger partial charge in [-0.1, -0.05) is 23.2 Å². The van der Waals surface area contributed by atoms with Gasteiger partial charge in [-0.15, -0.1) is 0 Å². The summed E-state index contributed by atoms with van der Waals surface area (Å²) in [6.45, 7) is 0. The van der Waals surface area contributed by atoms with Crippen molar-refractivity contribution < 1.29 is 4.79 Å². The Bertz CT molecular complexity index is 289. The lowest BCUT2D eigenvalue weighted by Crippen LogP contribution is -1.92. The highest BCUT2D eigenvalue weighted by atomic mass is 35.5. The van der Waals surface area contributed by atoms with E-state index in [4.69, 9.17) is 23.2 Å². The molecule has 0 saturated carbocycles. The van der Waals surface area contributed by atoms with Crippen molar-refractivity contribution in [3.63, 3.8) is 0 Å². The number of carbonyl (C=O) groups is 1. The van der Waals surface area contributed by atoms with Crippen molar-refractivity contribution in [2.75, 3.05) is 12.4 Å². The second kappa shape index (κ2) is 3.78. The van der Waals surface area contributed by atoms with E-state index in [-0.39, 0.29) is 0 Å². The molecule has 4 heteroatoms. The molecule has 0 fully saturated rings. The molecule has 2 nitrogen and oxygen atoms in total. The molecule has 0 aliphatic heterocycles. The van der Waals surface area contributed by atoms with Crippen molar-refractivity contribution >= 4 is 35.2 Å². The smallest absolute Gasteiger partial charge is 0.150 e. The first-order chi connectivity index (χ1) is 5.69. The van der Waals surface area contributed by atoms with Crippen molar-refractivity contribution in [2.24, 2.45) is 0 Å². The summed E-state index contributed by atoms with van der Waals surface area (Å²) in [4.78, 5) is 10.4. The summed E-state index contributed by atoms with van der Waals surface area (Å²) in [5, 5.41) is 3.74. The van der Waals surface area contributed by atoms with E-state index in [1.54, 1.807) is 19.2 Å². The van der Waals surface area contributed by atoms with Gasteiger partial charge in [-0.25, -0.2) is 0 Å². The number of aldehydes is 1. The Kier molecular flexibility index (Phi) is 2.95. The highest BCUT2D eigenvalue weighted by molar-refractivity contribution is 6.39. The Morgan fingerprint density at radius 2 is 1.83 bits per heavy atom. The van der Waals surface area contributed by atoms with Crippen LogP contribution >= 0.6 is 23.2 Å². The number of anilines is 1. The molecule has 0 aliphatic carbocycles. The van der Waals surface area contributed by atoms with Crippen LogP contribution in [0.2, 0.25) is 10.0 Å². The molecule has 1 rings (SSSR count). The maximum atomic E-state index is 10.4. The lowest BCUT2D eigenvalue weighted by Gasteiger charge is -2.05. The van der Waals surface area contributed by atoms with Crippen molar-refractivity contribution in [3.8, 4) is 0 Å². The highest BCUT2D eigenvalue weighted by Crippen LogP contribution is 2.30. The van der Waals surface area contributed by atoms with Crippen molar-refractivity contribution in [2.45, 2.75) is 0 Å². The minimum Gasteiger partial charge on any atom is -0.386 e. The van der Waals surface area contributed by atoms with Crippen LogP contribution in [0.1, 0.15) is 10.4 Å². The van der Waals surface area contributed by atoms with Gasteiger partial charge in [0, 0.05) is 12.6 Å². The Labute approximate surface area is 80.5 Å². The molecule has 0 spiro atoms. The summed E-state index contributed by atoms with van der Waals surface area (Å²) < 4.78 is 0. The minimum absolute atomic E-state index is 0.451. The van der Waals surface area contributed by atoms with Gasteiger partial charge in [0.2, 0.25) is 0 Å². The average Bonchev–Trinajstić information content (AvgIpc) is 2.03. The third kappa shape index (κ3) is 1.71. The van der Waals surface area contributed by atoms with E-state index >= 15 is 0 Å². The summed E-state index contributed by atoms with van der Waals surface area (Å²) in [5.41, 5.74) is 1.12. The van der Waals surface area contributed by atoms with Crippen LogP contribution < -0.4 is 5.32 Å². The van der Waals surface area contributed by atoms with E-state index in [1.807, 2.05) is 0 Å². The zero-order chi connectivity index (χ0) is 9.14. The summed E-state index contributed by atoms with van der Waals surface area (Å²) in [5.74, 6) is 0. The van der Waals surface area contributed by atoms with Gasteiger partial charge in [0.15, 0.2) is 0 Å². The van der Waals surface area contributed by atoms with Gasteiger partial charge in [-0.3, -0.25) is 4.79 Å². The molecule has 1 aromatic rings. The van der Waals surface area contributed by atoms with Gasteiger partial charge in [-0.2, -0.15) is 0 Å². The normalized spacial score (nSPS) is 9.58. The molecule has 1 N–H and O–H groups in total. The molecule has 0 amide bonds. The molecule has 0 heterocycles. The van der Waals surface area contributed by atoms with Crippen molar-refractivity contribution in [1.29, 1.82) is 0 Å². The average molecular weight is 204 g/mol. The lowest BCUT2D eigenvalue weighted by molar-refractivity contribution is 0.112. The quantitative estimate of drug-likeness (QED) is 0.750. The molecular formula is C8H7Cl2NO. The Morgan fingerprint density at radius 1 is 1.33 bits per heavy atom. The first-order valence-electron chi connectivity index (χ1n) is 3.31.